The Morgan fingerprint density at radius 1 is 1.43 bits per heavy atom. The quantitative estimate of drug-likeness (QED) is 0.860. The van der Waals surface area contributed by atoms with Crippen molar-refractivity contribution in [1.82, 2.24) is 4.98 Å². The number of benzene rings is 1. The maximum absolute atomic E-state index is 12.2. The number of carbonyl (C=O) groups is 2. The number of carbonyl (C=O) groups excluding carboxylic acids is 2. The summed E-state index contributed by atoms with van der Waals surface area (Å²) >= 11 is 2.75. The third kappa shape index (κ3) is 3.73. The van der Waals surface area contributed by atoms with Crippen molar-refractivity contribution in [1.29, 1.82) is 0 Å². The zero-order valence-corrected chi connectivity index (χ0v) is 14.3. The van der Waals surface area contributed by atoms with E-state index in [0.717, 1.165) is 16.4 Å². The number of rotatable bonds is 4. The maximum Gasteiger partial charge on any atom is 0.229 e. The van der Waals surface area contributed by atoms with E-state index in [-0.39, 0.29) is 16.9 Å². The van der Waals surface area contributed by atoms with Crippen molar-refractivity contribution < 1.29 is 9.59 Å². The molecular weight excluding hydrogens is 330 g/mol. The second-order valence-electron chi connectivity index (χ2n) is 5.51. The van der Waals surface area contributed by atoms with Crippen LogP contribution in [0.4, 0.5) is 10.8 Å². The number of aromatic nitrogens is 1. The molecular formula is C16H17N3O2S2. The van der Waals surface area contributed by atoms with Gasteiger partial charge in [0.2, 0.25) is 5.91 Å². The SMILES string of the molecule is CC(=O)SCC1CC(=O)N(c2nc(-c3ccc(N)cc3)cs2)C1. The number of thiazole rings is 1. The Hall–Kier alpha value is -1.86. The molecule has 0 radical (unpaired) electrons. The summed E-state index contributed by atoms with van der Waals surface area (Å²) in [5.74, 6) is 0.978. The van der Waals surface area contributed by atoms with Gasteiger partial charge in [0.05, 0.1) is 5.69 Å². The van der Waals surface area contributed by atoms with Crippen LogP contribution < -0.4 is 10.6 Å². The minimum absolute atomic E-state index is 0.0809. The van der Waals surface area contributed by atoms with Crippen LogP contribution in [0.15, 0.2) is 29.6 Å². The minimum Gasteiger partial charge on any atom is -0.399 e. The van der Waals surface area contributed by atoms with Gasteiger partial charge in [0.25, 0.3) is 0 Å². The van der Waals surface area contributed by atoms with Crippen LogP contribution in [-0.2, 0) is 9.59 Å². The number of nitrogens with two attached hydrogens (primary N) is 1. The van der Waals surface area contributed by atoms with Gasteiger partial charge in [-0.1, -0.05) is 23.9 Å². The highest BCUT2D eigenvalue weighted by Crippen LogP contribution is 2.32. The smallest absolute Gasteiger partial charge is 0.229 e. The van der Waals surface area contributed by atoms with E-state index in [9.17, 15) is 9.59 Å². The standard InChI is InChI=1S/C16H17N3O2S2/c1-10(20)22-8-11-6-15(21)19(7-11)16-18-14(9-23-16)12-2-4-13(17)5-3-12/h2-5,9,11H,6-8,17H2,1H3. The Morgan fingerprint density at radius 3 is 2.87 bits per heavy atom. The van der Waals surface area contributed by atoms with Gasteiger partial charge in [-0.3, -0.25) is 14.5 Å². The van der Waals surface area contributed by atoms with Gasteiger partial charge in [0.1, 0.15) is 0 Å². The first-order chi connectivity index (χ1) is 11.0. The molecule has 23 heavy (non-hydrogen) atoms. The first-order valence-corrected chi connectivity index (χ1v) is 9.14. The van der Waals surface area contributed by atoms with Crippen LogP contribution in [0.3, 0.4) is 0 Å². The predicted molar refractivity (Wildman–Crippen MR) is 95.6 cm³/mol. The average Bonchev–Trinajstić information content (AvgIpc) is 3.12. The molecule has 2 heterocycles. The summed E-state index contributed by atoms with van der Waals surface area (Å²) in [6.45, 7) is 2.19. The van der Waals surface area contributed by atoms with Crippen LogP contribution in [0, 0.1) is 5.92 Å². The van der Waals surface area contributed by atoms with E-state index >= 15 is 0 Å². The number of hydrogen-bond acceptors (Lipinski definition) is 6. The maximum atomic E-state index is 12.2. The molecule has 0 bridgehead atoms. The fraction of sp³-hybridized carbons (Fsp3) is 0.312. The lowest BCUT2D eigenvalue weighted by molar-refractivity contribution is -0.117. The molecule has 1 aliphatic rings. The minimum atomic E-state index is 0.0809. The van der Waals surface area contributed by atoms with Crippen molar-refractivity contribution in [3.63, 3.8) is 0 Å². The van der Waals surface area contributed by atoms with Gasteiger partial charge in [-0.2, -0.15) is 0 Å². The molecule has 1 aromatic carbocycles. The van der Waals surface area contributed by atoms with Gasteiger partial charge < -0.3 is 5.73 Å². The number of amides is 1. The Morgan fingerprint density at radius 2 is 2.17 bits per heavy atom. The Bertz CT molecular complexity index is 727. The molecule has 1 unspecified atom stereocenters. The third-order valence-corrected chi connectivity index (χ3v) is 5.57. The lowest BCUT2D eigenvalue weighted by Crippen LogP contribution is -2.24. The van der Waals surface area contributed by atoms with Crippen LogP contribution in [0.25, 0.3) is 11.3 Å². The van der Waals surface area contributed by atoms with Gasteiger partial charge in [0.15, 0.2) is 10.2 Å². The largest absolute Gasteiger partial charge is 0.399 e. The highest BCUT2D eigenvalue weighted by molar-refractivity contribution is 8.13. The summed E-state index contributed by atoms with van der Waals surface area (Å²) in [5.41, 5.74) is 8.24. The van der Waals surface area contributed by atoms with Gasteiger partial charge in [0, 0.05) is 42.3 Å². The first kappa shape index (κ1) is 16.0. The molecule has 7 heteroatoms. The number of nitrogen functional groups attached to an aromatic ring is 1. The van der Waals surface area contributed by atoms with Crippen LogP contribution in [0.5, 0.6) is 0 Å². The summed E-state index contributed by atoms with van der Waals surface area (Å²) in [5, 5.41) is 2.76. The summed E-state index contributed by atoms with van der Waals surface area (Å²) in [7, 11) is 0. The van der Waals surface area contributed by atoms with E-state index in [2.05, 4.69) is 4.98 Å². The topological polar surface area (TPSA) is 76.3 Å². The summed E-state index contributed by atoms with van der Waals surface area (Å²) in [6, 6.07) is 7.52. The predicted octanol–water partition coefficient (Wildman–Crippen LogP) is 3.02. The average molecular weight is 347 g/mol. The third-order valence-electron chi connectivity index (χ3n) is 3.66. The second kappa shape index (κ2) is 6.72. The molecule has 0 aliphatic carbocycles. The lowest BCUT2D eigenvalue weighted by atomic mass is 10.1. The molecule has 0 spiro atoms. The highest BCUT2D eigenvalue weighted by atomic mass is 32.2. The monoisotopic (exact) mass is 347 g/mol. The molecule has 5 nitrogen and oxygen atoms in total. The van der Waals surface area contributed by atoms with Crippen molar-refractivity contribution in [3.05, 3.63) is 29.6 Å². The molecule has 2 N–H and O–H groups in total. The van der Waals surface area contributed by atoms with Crippen LogP contribution in [-0.4, -0.2) is 28.3 Å². The van der Waals surface area contributed by atoms with E-state index in [0.29, 0.717) is 24.4 Å². The Balaban J connectivity index is 1.71. The molecule has 1 saturated heterocycles. The van der Waals surface area contributed by atoms with Crippen molar-refractivity contribution in [2.24, 2.45) is 5.92 Å². The summed E-state index contributed by atoms with van der Waals surface area (Å²) in [4.78, 5) is 29.6. The number of anilines is 2. The summed E-state index contributed by atoms with van der Waals surface area (Å²) < 4.78 is 0. The molecule has 1 aromatic heterocycles. The van der Waals surface area contributed by atoms with Crippen molar-refractivity contribution in [2.45, 2.75) is 13.3 Å². The van der Waals surface area contributed by atoms with Crippen LogP contribution in [0.1, 0.15) is 13.3 Å². The number of thioether (sulfide) groups is 1. The van der Waals surface area contributed by atoms with E-state index in [1.54, 1.807) is 11.8 Å². The van der Waals surface area contributed by atoms with Crippen molar-refractivity contribution in [2.75, 3.05) is 22.9 Å². The molecule has 1 aliphatic heterocycles. The molecule has 2 aromatic rings. The summed E-state index contributed by atoms with van der Waals surface area (Å²) in [6.07, 6.45) is 0.483. The highest BCUT2D eigenvalue weighted by Gasteiger charge is 2.32. The van der Waals surface area contributed by atoms with E-state index in [1.807, 2.05) is 29.6 Å². The fourth-order valence-corrected chi connectivity index (χ4v) is 4.04. The molecule has 3 rings (SSSR count). The Kier molecular flexibility index (Phi) is 4.68. The number of hydrogen-bond donors (Lipinski definition) is 1. The number of nitrogens with zero attached hydrogens (tertiary/aromatic N) is 2. The Labute approximate surface area is 142 Å². The van der Waals surface area contributed by atoms with E-state index < -0.39 is 0 Å². The first-order valence-electron chi connectivity index (χ1n) is 7.28. The van der Waals surface area contributed by atoms with Gasteiger partial charge in [-0.15, -0.1) is 11.3 Å². The second-order valence-corrected chi connectivity index (χ2v) is 7.55. The van der Waals surface area contributed by atoms with E-state index in [1.165, 1.54) is 23.1 Å². The van der Waals surface area contributed by atoms with Crippen LogP contribution >= 0.6 is 23.1 Å². The van der Waals surface area contributed by atoms with Gasteiger partial charge in [-0.25, -0.2) is 4.98 Å². The molecule has 1 fully saturated rings. The van der Waals surface area contributed by atoms with Crippen molar-refractivity contribution in [3.8, 4) is 11.3 Å². The molecule has 120 valence electrons. The fourth-order valence-electron chi connectivity index (χ4n) is 2.49. The van der Waals surface area contributed by atoms with Gasteiger partial charge >= 0.3 is 0 Å². The molecule has 1 amide bonds. The molecule has 0 saturated carbocycles. The molecule has 1 atom stereocenters. The zero-order chi connectivity index (χ0) is 16.4. The van der Waals surface area contributed by atoms with Crippen molar-refractivity contribution >= 4 is 44.9 Å². The van der Waals surface area contributed by atoms with Gasteiger partial charge in [-0.05, 0) is 18.1 Å². The van der Waals surface area contributed by atoms with E-state index in [4.69, 9.17) is 5.73 Å². The normalized spacial score (nSPS) is 17.7. The lowest BCUT2D eigenvalue weighted by Gasteiger charge is -2.12. The zero-order valence-electron chi connectivity index (χ0n) is 12.7. The van der Waals surface area contributed by atoms with Crippen LogP contribution in [0.2, 0.25) is 0 Å².